The van der Waals surface area contributed by atoms with Crippen LogP contribution in [0.25, 0.3) is 0 Å². The van der Waals surface area contributed by atoms with Gasteiger partial charge in [-0.3, -0.25) is 4.79 Å². The number of aryl methyl sites for hydroxylation is 2. The van der Waals surface area contributed by atoms with E-state index in [9.17, 15) is 14.7 Å². The number of aliphatic carboxylic acids is 1. The van der Waals surface area contributed by atoms with Crippen LogP contribution in [-0.2, 0) is 21.4 Å². The zero-order valence-corrected chi connectivity index (χ0v) is 20.6. The summed E-state index contributed by atoms with van der Waals surface area (Å²) in [5.74, 6) is -1.37. The molecule has 4 aromatic rings. The lowest BCUT2D eigenvalue weighted by Gasteiger charge is -2.36. The molecule has 4 rings (SSSR count). The fraction of sp³-hybridized carbons (Fsp3) is 0.188. The summed E-state index contributed by atoms with van der Waals surface area (Å²) in [6.07, 6.45) is 0.291. The molecule has 182 valence electrons. The molecule has 0 saturated carbocycles. The average Bonchev–Trinajstić information content (AvgIpc) is 2.90. The van der Waals surface area contributed by atoms with Gasteiger partial charge in [0.2, 0.25) is 5.91 Å². The van der Waals surface area contributed by atoms with Crippen molar-refractivity contribution in [2.24, 2.45) is 0 Å². The molecule has 0 spiro atoms. The molecule has 1 amide bonds. The van der Waals surface area contributed by atoms with Crippen LogP contribution in [0.4, 0.5) is 0 Å². The highest BCUT2D eigenvalue weighted by molar-refractivity contribution is 5.85. The first-order chi connectivity index (χ1) is 17.4. The highest BCUT2D eigenvalue weighted by atomic mass is 16.4. The molecule has 0 fully saturated rings. The first kappa shape index (κ1) is 24.9. The Kier molecular flexibility index (Phi) is 7.65. The van der Waals surface area contributed by atoms with Gasteiger partial charge in [-0.1, -0.05) is 109 Å². The van der Waals surface area contributed by atoms with Crippen LogP contribution >= 0.6 is 0 Å². The van der Waals surface area contributed by atoms with Crippen molar-refractivity contribution in [1.29, 1.82) is 0 Å². The Bertz CT molecular complexity index is 1220. The van der Waals surface area contributed by atoms with Gasteiger partial charge >= 0.3 is 5.97 Å². The van der Waals surface area contributed by atoms with Crippen molar-refractivity contribution < 1.29 is 14.7 Å². The molecule has 4 nitrogen and oxygen atoms in total. The summed E-state index contributed by atoms with van der Waals surface area (Å²) < 4.78 is 0. The standard InChI is InChI=1S/C32H31NO3/c1-23-18-19-25(20-24(23)2)21-29(31(35)36)33-30(34)22-32(26-12-6-3-7-13-26,27-14-8-4-9-15-27)28-16-10-5-11-17-28/h3-20,29H,21-22H2,1-2H3,(H,33,34)(H,35,36)/t29-/m0/s1. The van der Waals surface area contributed by atoms with E-state index in [0.717, 1.165) is 33.4 Å². The van der Waals surface area contributed by atoms with Gasteiger partial charge in [0.1, 0.15) is 6.04 Å². The van der Waals surface area contributed by atoms with E-state index >= 15 is 0 Å². The normalized spacial score (nSPS) is 12.1. The zero-order valence-electron chi connectivity index (χ0n) is 20.6. The van der Waals surface area contributed by atoms with E-state index in [-0.39, 0.29) is 18.7 Å². The smallest absolute Gasteiger partial charge is 0.326 e. The van der Waals surface area contributed by atoms with E-state index in [2.05, 4.69) is 5.32 Å². The predicted molar refractivity (Wildman–Crippen MR) is 143 cm³/mol. The van der Waals surface area contributed by atoms with E-state index < -0.39 is 17.4 Å². The van der Waals surface area contributed by atoms with Gasteiger partial charge in [-0.2, -0.15) is 0 Å². The molecule has 0 aromatic heterocycles. The quantitative estimate of drug-likeness (QED) is 0.298. The zero-order chi connectivity index (χ0) is 25.5. The number of carbonyl (C=O) groups excluding carboxylic acids is 1. The van der Waals surface area contributed by atoms with Gasteiger partial charge in [0.15, 0.2) is 0 Å². The molecular formula is C32H31NO3. The van der Waals surface area contributed by atoms with Crippen LogP contribution in [0.2, 0.25) is 0 Å². The van der Waals surface area contributed by atoms with Gasteiger partial charge in [-0.05, 0) is 47.2 Å². The number of carboxylic acids is 1. The first-order valence-corrected chi connectivity index (χ1v) is 12.1. The number of nitrogens with one attached hydrogen (secondary N) is 1. The number of benzene rings is 4. The van der Waals surface area contributed by atoms with Crippen LogP contribution in [0.15, 0.2) is 109 Å². The molecule has 36 heavy (non-hydrogen) atoms. The Labute approximate surface area is 212 Å². The molecule has 4 heteroatoms. The minimum Gasteiger partial charge on any atom is -0.480 e. The molecule has 0 heterocycles. The minimum atomic E-state index is -1.05. The molecular weight excluding hydrogens is 446 g/mol. The fourth-order valence-electron chi connectivity index (χ4n) is 4.83. The largest absolute Gasteiger partial charge is 0.480 e. The Morgan fingerprint density at radius 1 is 0.722 bits per heavy atom. The fourth-order valence-corrected chi connectivity index (χ4v) is 4.83. The third-order valence-corrected chi connectivity index (χ3v) is 6.87. The Morgan fingerprint density at radius 3 is 1.61 bits per heavy atom. The molecule has 0 bridgehead atoms. The number of amides is 1. The lowest BCUT2D eigenvalue weighted by molar-refractivity contribution is -0.141. The molecule has 0 aliphatic rings. The number of rotatable bonds is 9. The van der Waals surface area contributed by atoms with Crippen LogP contribution < -0.4 is 5.32 Å². The van der Waals surface area contributed by atoms with E-state index in [1.54, 1.807) is 0 Å². The third-order valence-electron chi connectivity index (χ3n) is 6.87. The van der Waals surface area contributed by atoms with Crippen molar-refractivity contribution in [3.05, 3.63) is 143 Å². The number of carbonyl (C=O) groups is 2. The molecule has 0 aliphatic heterocycles. The van der Waals surface area contributed by atoms with Crippen molar-refractivity contribution in [3.63, 3.8) is 0 Å². The minimum absolute atomic E-state index is 0.0712. The van der Waals surface area contributed by atoms with E-state index in [4.69, 9.17) is 0 Å². The van der Waals surface area contributed by atoms with E-state index in [1.165, 1.54) is 0 Å². The second-order valence-electron chi connectivity index (χ2n) is 9.26. The summed E-state index contributed by atoms with van der Waals surface area (Å²) in [5, 5.41) is 12.8. The molecule has 0 aliphatic carbocycles. The summed E-state index contributed by atoms with van der Waals surface area (Å²) in [6, 6.07) is 34.7. The van der Waals surface area contributed by atoms with E-state index in [1.807, 2.05) is 123 Å². The highest BCUT2D eigenvalue weighted by Crippen LogP contribution is 2.42. The molecule has 4 aromatic carbocycles. The monoisotopic (exact) mass is 477 g/mol. The maximum Gasteiger partial charge on any atom is 0.326 e. The molecule has 2 N–H and O–H groups in total. The average molecular weight is 478 g/mol. The maximum absolute atomic E-state index is 13.6. The summed E-state index contributed by atoms with van der Waals surface area (Å²) in [6.45, 7) is 4.02. The van der Waals surface area contributed by atoms with Gasteiger partial charge in [0.25, 0.3) is 0 Å². The van der Waals surface area contributed by atoms with E-state index in [0.29, 0.717) is 0 Å². The van der Waals surface area contributed by atoms with Gasteiger partial charge in [-0.15, -0.1) is 0 Å². The summed E-state index contributed by atoms with van der Waals surface area (Å²) >= 11 is 0. The van der Waals surface area contributed by atoms with Crippen LogP contribution in [0.5, 0.6) is 0 Å². The number of hydrogen-bond donors (Lipinski definition) is 2. The lowest BCUT2D eigenvalue weighted by atomic mass is 9.67. The van der Waals surface area contributed by atoms with Crippen molar-refractivity contribution in [2.75, 3.05) is 0 Å². The highest BCUT2D eigenvalue weighted by Gasteiger charge is 2.39. The number of hydrogen-bond acceptors (Lipinski definition) is 2. The lowest BCUT2D eigenvalue weighted by Crippen LogP contribution is -2.45. The maximum atomic E-state index is 13.6. The third kappa shape index (κ3) is 5.38. The van der Waals surface area contributed by atoms with Crippen molar-refractivity contribution in [3.8, 4) is 0 Å². The molecule has 0 saturated heterocycles. The van der Waals surface area contributed by atoms with Crippen molar-refractivity contribution >= 4 is 11.9 Å². The summed E-state index contributed by atoms with van der Waals surface area (Å²) in [7, 11) is 0. The van der Waals surface area contributed by atoms with Crippen LogP contribution in [0.3, 0.4) is 0 Å². The first-order valence-electron chi connectivity index (χ1n) is 12.1. The molecule has 0 unspecified atom stereocenters. The van der Waals surface area contributed by atoms with Gasteiger partial charge in [-0.25, -0.2) is 4.79 Å². The Hall–Kier alpha value is -4.18. The van der Waals surface area contributed by atoms with Gasteiger partial charge in [0, 0.05) is 12.8 Å². The predicted octanol–water partition coefficient (Wildman–Crippen LogP) is 5.84. The van der Waals surface area contributed by atoms with Crippen molar-refractivity contribution in [2.45, 2.75) is 38.1 Å². The molecule has 1 atom stereocenters. The van der Waals surface area contributed by atoms with Gasteiger partial charge < -0.3 is 10.4 Å². The van der Waals surface area contributed by atoms with Crippen LogP contribution in [-0.4, -0.2) is 23.0 Å². The van der Waals surface area contributed by atoms with Crippen molar-refractivity contribution in [1.82, 2.24) is 5.32 Å². The SMILES string of the molecule is Cc1ccc(C[C@H](NC(=O)CC(c2ccccc2)(c2ccccc2)c2ccccc2)C(=O)O)cc1C. The number of carboxylic acid groups (broad SMARTS) is 1. The second kappa shape index (κ2) is 11.0. The molecule has 0 radical (unpaired) electrons. The van der Waals surface area contributed by atoms with Gasteiger partial charge in [0.05, 0.1) is 5.41 Å². The second-order valence-corrected chi connectivity index (χ2v) is 9.26. The Morgan fingerprint density at radius 2 is 1.19 bits per heavy atom. The van der Waals surface area contributed by atoms with Crippen LogP contribution in [0, 0.1) is 13.8 Å². The van der Waals surface area contributed by atoms with Crippen LogP contribution in [0.1, 0.15) is 39.8 Å². The summed E-state index contributed by atoms with van der Waals surface area (Å²) in [4.78, 5) is 25.8. The topological polar surface area (TPSA) is 66.4 Å². The summed E-state index contributed by atoms with van der Waals surface area (Å²) in [5.41, 5.74) is 5.26. The Balaban J connectivity index is 1.72.